The molecular formula is C9H17NO4. The second-order valence-electron chi connectivity index (χ2n) is 2.98. The van der Waals surface area contributed by atoms with Crippen LogP contribution >= 0.6 is 0 Å². The SMILES string of the molecule is CCCCOC(C)C(=O)NCC(=O)O. The Bertz CT molecular complexity index is 193. The molecule has 0 aromatic carbocycles. The topological polar surface area (TPSA) is 75.6 Å². The molecule has 0 aliphatic heterocycles. The van der Waals surface area contributed by atoms with Crippen LogP contribution in [-0.4, -0.2) is 36.2 Å². The number of hydrogen-bond acceptors (Lipinski definition) is 3. The molecule has 2 N–H and O–H groups in total. The Balaban J connectivity index is 3.59. The van der Waals surface area contributed by atoms with Gasteiger partial charge < -0.3 is 15.2 Å². The highest BCUT2D eigenvalue weighted by atomic mass is 16.5. The van der Waals surface area contributed by atoms with Crippen molar-refractivity contribution in [3.63, 3.8) is 0 Å². The molecule has 0 spiro atoms. The number of carboxylic acids is 1. The second-order valence-corrected chi connectivity index (χ2v) is 2.98. The lowest BCUT2D eigenvalue weighted by Crippen LogP contribution is -2.37. The minimum Gasteiger partial charge on any atom is -0.480 e. The van der Waals surface area contributed by atoms with Crippen LogP contribution in [0.2, 0.25) is 0 Å². The zero-order chi connectivity index (χ0) is 11.0. The van der Waals surface area contributed by atoms with E-state index in [1.165, 1.54) is 0 Å². The molecule has 0 aliphatic rings. The normalized spacial score (nSPS) is 12.1. The number of carbonyl (C=O) groups is 2. The van der Waals surface area contributed by atoms with Crippen LogP contribution in [0.25, 0.3) is 0 Å². The van der Waals surface area contributed by atoms with Crippen LogP contribution in [0, 0.1) is 0 Å². The maximum absolute atomic E-state index is 11.1. The summed E-state index contributed by atoms with van der Waals surface area (Å²) < 4.78 is 5.17. The first-order valence-electron chi connectivity index (χ1n) is 4.69. The van der Waals surface area contributed by atoms with Crippen molar-refractivity contribution in [1.82, 2.24) is 5.32 Å². The molecule has 0 saturated carbocycles. The number of unbranched alkanes of at least 4 members (excludes halogenated alkanes) is 1. The summed E-state index contributed by atoms with van der Waals surface area (Å²) in [6.07, 6.45) is 1.32. The second kappa shape index (κ2) is 7.32. The molecule has 82 valence electrons. The molecule has 0 saturated heterocycles. The fourth-order valence-corrected chi connectivity index (χ4v) is 0.787. The summed E-state index contributed by atoms with van der Waals surface area (Å²) in [7, 11) is 0. The Morgan fingerprint density at radius 3 is 2.64 bits per heavy atom. The molecule has 5 heteroatoms. The third-order valence-corrected chi connectivity index (χ3v) is 1.65. The molecule has 0 aromatic heterocycles. The minimum absolute atomic E-state index is 0.361. The number of ether oxygens (including phenoxy) is 1. The van der Waals surface area contributed by atoms with E-state index in [0.29, 0.717) is 6.61 Å². The van der Waals surface area contributed by atoms with Gasteiger partial charge in [-0.2, -0.15) is 0 Å². The zero-order valence-corrected chi connectivity index (χ0v) is 8.58. The van der Waals surface area contributed by atoms with Gasteiger partial charge in [-0.1, -0.05) is 13.3 Å². The molecule has 0 fully saturated rings. The van der Waals surface area contributed by atoms with Crippen LogP contribution in [0.3, 0.4) is 0 Å². The lowest BCUT2D eigenvalue weighted by molar-refractivity contribution is -0.140. The Labute approximate surface area is 83.4 Å². The number of aliphatic carboxylic acids is 1. The Morgan fingerprint density at radius 1 is 1.50 bits per heavy atom. The quantitative estimate of drug-likeness (QED) is 0.587. The number of hydrogen-bond donors (Lipinski definition) is 2. The number of rotatable bonds is 7. The van der Waals surface area contributed by atoms with Gasteiger partial charge in [-0.3, -0.25) is 9.59 Å². The first kappa shape index (κ1) is 12.9. The molecule has 0 rings (SSSR count). The van der Waals surface area contributed by atoms with E-state index in [1.54, 1.807) is 6.92 Å². The largest absolute Gasteiger partial charge is 0.480 e. The smallest absolute Gasteiger partial charge is 0.322 e. The third kappa shape index (κ3) is 6.42. The summed E-state index contributed by atoms with van der Waals surface area (Å²) in [6, 6.07) is 0. The van der Waals surface area contributed by atoms with Gasteiger partial charge in [0.15, 0.2) is 0 Å². The number of carbonyl (C=O) groups excluding carboxylic acids is 1. The van der Waals surface area contributed by atoms with E-state index in [4.69, 9.17) is 9.84 Å². The van der Waals surface area contributed by atoms with Gasteiger partial charge in [0.25, 0.3) is 0 Å². The summed E-state index contributed by atoms with van der Waals surface area (Å²) in [5.41, 5.74) is 0. The lowest BCUT2D eigenvalue weighted by atomic mass is 10.3. The average Bonchev–Trinajstić information content (AvgIpc) is 2.14. The Kier molecular flexibility index (Phi) is 6.74. The van der Waals surface area contributed by atoms with E-state index in [1.807, 2.05) is 6.92 Å². The van der Waals surface area contributed by atoms with E-state index in [2.05, 4.69) is 5.32 Å². The van der Waals surface area contributed by atoms with Crippen molar-refractivity contribution in [2.24, 2.45) is 0 Å². The van der Waals surface area contributed by atoms with E-state index in [0.717, 1.165) is 12.8 Å². The monoisotopic (exact) mass is 203 g/mol. The van der Waals surface area contributed by atoms with Crippen LogP contribution < -0.4 is 5.32 Å². The number of nitrogens with one attached hydrogen (secondary N) is 1. The Morgan fingerprint density at radius 2 is 2.14 bits per heavy atom. The zero-order valence-electron chi connectivity index (χ0n) is 8.58. The summed E-state index contributed by atoms with van der Waals surface area (Å²) in [5.74, 6) is -1.44. The van der Waals surface area contributed by atoms with Gasteiger partial charge in [0, 0.05) is 6.61 Å². The fraction of sp³-hybridized carbons (Fsp3) is 0.778. The predicted molar refractivity (Wildman–Crippen MR) is 51.0 cm³/mol. The van der Waals surface area contributed by atoms with Gasteiger partial charge in [0.05, 0.1) is 0 Å². The molecule has 0 heterocycles. The summed E-state index contributed by atoms with van der Waals surface area (Å²) in [6.45, 7) is 3.80. The molecule has 0 aliphatic carbocycles. The van der Waals surface area contributed by atoms with Crippen molar-refractivity contribution in [3.8, 4) is 0 Å². The van der Waals surface area contributed by atoms with Crippen molar-refractivity contribution in [1.29, 1.82) is 0 Å². The lowest BCUT2D eigenvalue weighted by Gasteiger charge is -2.11. The summed E-state index contributed by atoms with van der Waals surface area (Å²) in [5, 5.41) is 10.5. The van der Waals surface area contributed by atoms with E-state index in [9.17, 15) is 9.59 Å². The maximum atomic E-state index is 11.1. The fourth-order valence-electron chi connectivity index (χ4n) is 0.787. The van der Waals surface area contributed by atoms with Crippen LogP contribution in [0.15, 0.2) is 0 Å². The van der Waals surface area contributed by atoms with Crippen LogP contribution in [0.1, 0.15) is 26.7 Å². The van der Waals surface area contributed by atoms with Crippen molar-refractivity contribution >= 4 is 11.9 Å². The van der Waals surface area contributed by atoms with Gasteiger partial charge >= 0.3 is 5.97 Å². The Hall–Kier alpha value is -1.10. The van der Waals surface area contributed by atoms with Gasteiger partial charge in [0.2, 0.25) is 5.91 Å². The minimum atomic E-state index is -1.06. The van der Waals surface area contributed by atoms with E-state index >= 15 is 0 Å². The summed E-state index contributed by atoms with van der Waals surface area (Å²) in [4.78, 5) is 21.3. The summed E-state index contributed by atoms with van der Waals surface area (Å²) >= 11 is 0. The van der Waals surface area contributed by atoms with Gasteiger partial charge in [-0.25, -0.2) is 0 Å². The maximum Gasteiger partial charge on any atom is 0.322 e. The molecular weight excluding hydrogens is 186 g/mol. The predicted octanol–water partition coefficient (Wildman–Crippen LogP) is 0.392. The van der Waals surface area contributed by atoms with Crippen LogP contribution in [0.5, 0.6) is 0 Å². The van der Waals surface area contributed by atoms with Crippen LogP contribution in [0.4, 0.5) is 0 Å². The first-order chi connectivity index (χ1) is 6.57. The molecule has 1 amide bonds. The standard InChI is InChI=1S/C9H17NO4/c1-3-4-5-14-7(2)9(13)10-6-8(11)12/h7H,3-6H2,1-2H3,(H,10,13)(H,11,12). The van der Waals surface area contributed by atoms with Crippen molar-refractivity contribution in [2.45, 2.75) is 32.8 Å². The number of carboxylic acid groups (broad SMARTS) is 1. The van der Waals surface area contributed by atoms with Crippen molar-refractivity contribution < 1.29 is 19.4 Å². The van der Waals surface area contributed by atoms with Gasteiger partial charge in [0.1, 0.15) is 12.6 Å². The highest BCUT2D eigenvalue weighted by Crippen LogP contribution is 1.94. The molecule has 1 unspecified atom stereocenters. The average molecular weight is 203 g/mol. The first-order valence-corrected chi connectivity index (χ1v) is 4.69. The molecule has 0 bridgehead atoms. The molecule has 0 radical (unpaired) electrons. The van der Waals surface area contributed by atoms with Crippen LogP contribution in [-0.2, 0) is 14.3 Å². The highest BCUT2D eigenvalue weighted by Gasteiger charge is 2.13. The third-order valence-electron chi connectivity index (χ3n) is 1.65. The molecule has 14 heavy (non-hydrogen) atoms. The van der Waals surface area contributed by atoms with E-state index < -0.39 is 12.1 Å². The highest BCUT2D eigenvalue weighted by molar-refractivity contribution is 5.84. The van der Waals surface area contributed by atoms with Crippen molar-refractivity contribution in [2.75, 3.05) is 13.2 Å². The van der Waals surface area contributed by atoms with Crippen molar-refractivity contribution in [3.05, 3.63) is 0 Å². The number of amides is 1. The van der Waals surface area contributed by atoms with E-state index in [-0.39, 0.29) is 12.5 Å². The molecule has 0 aromatic rings. The van der Waals surface area contributed by atoms with Gasteiger partial charge in [-0.05, 0) is 13.3 Å². The van der Waals surface area contributed by atoms with Gasteiger partial charge in [-0.15, -0.1) is 0 Å². The molecule has 1 atom stereocenters. The molecule has 5 nitrogen and oxygen atoms in total.